The van der Waals surface area contributed by atoms with Gasteiger partial charge in [0.1, 0.15) is 0 Å². The molecule has 1 N–H and O–H groups in total. The molecule has 30 heavy (non-hydrogen) atoms. The minimum Gasteiger partial charge on any atom is -0.396 e. The smallest absolute Gasteiger partial charge is 0.332 e. The van der Waals surface area contributed by atoms with Crippen LogP contribution in [-0.4, -0.2) is 34.8 Å². The monoisotopic (exact) mass is 449 g/mol. The van der Waals surface area contributed by atoms with Gasteiger partial charge in [0.25, 0.3) is 5.56 Å². The summed E-state index contributed by atoms with van der Waals surface area (Å²) in [6, 6.07) is 5.38. The quantitative estimate of drug-likeness (QED) is 0.490. The van der Waals surface area contributed by atoms with Crippen molar-refractivity contribution in [3.05, 3.63) is 55.3 Å². The Bertz CT molecular complexity index is 1380. The van der Waals surface area contributed by atoms with Gasteiger partial charge in [-0.1, -0.05) is 36.2 Å². The molecular formula is C20H21Cl2N5O3. The van der Waals surface area contributed by atoms with Gasteiger partial charge in [-0.25, -0.2) is 4.79 Å². The van der Waals surface area contributed by atoms with Crippen LogP contribution in [0.5, 0.6) is 0 Å². The van der Waals surface area contributed by atoms with Gasteiger partial charge in [-0.15, -0.1) is 0 Å². The van der Waals surface area contributed by atoms with Crippen molar-refractivity contribution < 1.29 is 5.11 Å². The van der Waals surface area contributed by atoms with Gasteiger partial charge < -0.3 is 9.67 Å². The van der Waals surface area contributed by atoms with Crippen LogP contribution >= 0.6 is 23.2 Å². The Balaban J connectivity index is 2.06. The first-order chi connectivity index (χ1) is 14.4. The maximum absolute atomic E-state index is 13.2. The maximum atomic E-state index is 13.2. The summed E-state index contributed by atoms with van der Waals surface area (Å²) in [5.41, 5.74) is 1.46. The Kier molecular flexibility index (Phi) is 5.48. The van der Waals surface area contributed by atoms with Crippen molar-refractivity contribution in [1.29, 1.82) is 0 Å². The third kappa shape index (κ3) is 3.15. The molecule has 0 aliphatic heterocycles. The molecule has 0 saturated heterocycles. The molecule has 0 aliphatic carbocycles. The van der Waals surface area contributed by atoms with Crippen LogP contribution in [0.3, 0.4) is 0 Å². The Morgan fingerprint density at radius 3 is 2.53 bits per heavy atom. The maximum Gasteiger partial charge on any atom is 0.332 e. The standard InChI is InChI=1S/C20H21Cl2N5O3/c1-3-7-25-15(12-5-6-13(21)14(22)10-12)11-27-16-17(23-19(25)27)24(2)20(30)26(18(16)29)8-4-9-28/h5-6,10-11,28H,3-4,7-9H2,1-2H3. The lowest BCUT2D eigenvalue weighted by molar-refractivity contribution is 0.277. The van der Waals surface area contributed by atoms with Gasteiger partial charge in [0, 0.05) is 38.5 Å². The van der Waals surface area contributed by atoms with Crippen LogP contribution in [0.2, 0.25) is 10.0 Å². The summed E-state index contributed by atoms with van der Waals surface area (Å²) in [4.78, 5) is 30.4. The van der Waals surface area contributed by atoms with Crippen molar-refractivity contribution in [3.63, 3.8) is 0 Å². The van der Waals surface area contributed by atoms with E-state index < -0.39 is 11.2 Å². The van der Waals surface area contributed by atoms with E-state index in [0.29, 0.717) is 40.0 Å². The van der Waals surface area contributed by atoms with Gasteiger partial charge in [0.05, 0.1) is 15.7 Å². The molecule has 0 radical (unpaired) electrons. The molecule has 10 heteroatoms. The van der Waals surface area contributed by atoms with E-state index in [1.54, 1.807) is 23.6 Å². The number of aromatic nitrogens is 5. The number of nitrogens with zero attached hydrogens (tertiary/aromatic N) is 5. The fraction of sp³-hybridized carbons (Fsp3) is 0.350. The second kappa shape index (κ2) is 7.94. The van der Waals surface area contributed by atoms with Crippen molar-refractivity contribution in [3.8, 4) is 11.3 Å². The number of aliphatic hydroxyl groups is 1. The van der Waals surface area contributed by atoms with Gasteiger partial charge in [-0.2, -0.15) is 4.98 Å². The highest BCUT2D eigenvalue weighted by Gasteiger charge is 2.21. The van der Waals surface area contributed by atoms with E-state index in [1.165, 1.54) is 4.57 Å². The molecule has 3 heterocycles. The molecule has 0 amide bonds. The number of fused-ring (bicyclic) bond motifs is 3. The second-order valence-corrected chi connectivity index (χ2v) is 7.94. The largest absolute Gasteiger partial charge is 0.396 e. The number of halogens is 2. The van der Waals surface area contributed by atoms with Crippen LogP contribution in [0.1, 0.15) is 19.8 Å². The topological polar surface area (TPSA) is 86.5 Å². The first-order valence-electron chi connectivity index (χ1n) is 9.66. The fourth-order valence-corrected chi connectivity index (χ4v) is 3.99. The average Bonchev–Trinajstić information content (AvgIpc) is 3.26. The van der Waals surface area contributed by atoms with Gasteiger partial charge in [-0.3, -0.25) is 18.3 Å². The lowest BCUT2D eigenvalue weighted by Crippen LogP contribution is -2.39. The van der Waals surface area contributed by atoms with E-state index in [-0.39, 0.29) is 13.2 Å². The number of aliphatic hydroxyl groups excluding tert-OH is 1. The Hall–Kier alpha value is -2.55. The van der Waals surface area contributed by atoms with E-state index in [4.69, 9.17) is 28.3 Å². The number of imidazole rings is 2. The third-order valence-corrected chi connectivity index (χ3v) is 5.88. The van der Waals surface area contributed by atoms with Crippen LogP contribution in [0.25, 0.3) is 28.2 Å². The molecule has 0 unspecified atom stereocenters. The summed E-state index contributed by atoms with van der Waals surface area (Å²) in [5, 5.41) is 10.0. The fourth-order valence-electron chi connectivity index (χ4n) is 3.70. The van der Waals surface area contributed by atoms with Gasteiger partial charge in [-0.05, 0) is 25.0 Å². The molecule has 158 valence electrons. The molecule has 0 bridgehead atoms. The first-order valence-corrected chi connectivity index (χ1v) is 10.4. The Morgan fingerprint density at radius 2 is 1.87 bits per heavy atom. The van der Waals surface area contributed by atoms with Gasteiger partial charge in [0.2, 0.25) is 5.78 Å². The number of hydrogen-bond donors (Lipinski definition) is 1. The van der Waals surface area contributed by atoms with Crippen molar-refractivity contribution in [2.75, 3.05) is 6.61 Å². The van der Waals surface area contributed by atoms with E-state index in [0.717, 1.165) is 22.2 Å². The minimum atomic E-state index is -0.451. The van der Waals surface area contributed by atoms with Crippen molar-refractivity contribution >= 4 is 40.1 Å². The van der Waals surface area contributed by atoms with Crippen LogP contribution in [-0.2, 0) is 20.1 Å². The summed E-state index contributed by atoms with van der Waals surface area (Å²) in [7, 11) is 1.59. The summed E-state index contributed by atoms with van der Waals surface area (Å²) in [6.45, 7) is 2.75. The molecule has 8 nitrogen and oxygen atoms in total. The SMILES string of the molecule is CCCn1c(-c2ccc(Cl)c(Cl)c2)cn2c3c(=O)n(CCCO)c(=O)n(C)c3nc12. The molecule has 0 saturated carbocycles. The first kappa shape index (κ1) is 20.7. The molecular weight excluding hydrogens is 429 g/mol. The lowest BCUT2D eigenvalue weighted by atomic mass is 10.1. The van der Waals surface area contributed by atoms with Gasteiger partial charge in [0.15, 0.2) is 11.2 Å². The molecule has 3 aromatic heterocycles. The van der Waals surface area contributed by atoms with E-state index >= 15 is 0 Å². The molecule has 0 spiro atoms. The number of benzene rings is 1. The zero-order chi connectivity index (χ0) is 21.6. The van der Waals surface area contributed by atoms with Crippen LogP contribution in [0.4, 0.5) is 0 Å². The third-order valence-electron chi connectivity index (χ3n) is 5.14. The molecule has 0 atom stereocenters. The summed E-state index contributed by atoms with van der Waals surface area (Å²) < 4.78 is 6.24. The lowest BCUT2D eigenvalue weighted by Gasteiger charge is -2.09. The predicted octanol–water partition coefficient (Wildman–Crippen LogP) is 2.92. The van der Waals surface area contributed by atoms with E-state index in [2.05, 4.69) is 11.9 Å². The highest BCUT2D eigenvalue weighted by molar-refractivity contribution is 6.42. The van der Waals surface area contributed by atoms with Crippen molar-refractivity contribution in [1.82, 2.24) is 23.1 Å². The normalized spacial score (nSPS) is 11.8. The second-order valence-electron chi connectivity index (χ2n) is 7.12. The molecule has 4 aromatic rings. The summed E-state index contributed by atoms with van der Waals surface area (Å²) in [5.74, 6) is 0.569. The van der Waals surface area contributed by atoms with Crippen molar-refractivity contribution in [2.24, 2.45) is 7.05 Å². The minimum absolute atomic E-state index is 0.107. The Labute approximate surface area is 181 Å². The zero-order valence-electron chi connectivity index (χ0n) is 16.6. The van der Waals surface area contributed by atoms with Gasteiger partial charge >= 0.3 is 5.69 Å². The highest BCUT2D eigenvalue weighted by atomic mass is 35.5. The highest BCUT2D eigenvalue weighted by Crippen LogP contribution is 2.31. The molecule has 4 rings (SSSR count). The number of aryl methyl sites for hydroxylation is 2. The molecule has 0 aliphatic rings. The molecule has 0 fully saturated rings. The van der Waals surface area contributed by atoms with Crippen LogP contribution in [0.15, 0.2) is 34.0 Å². The summed E-state index contributed by atoms with van der Waals surface area (Å²) >= 11 is 12.3. The molecule has 1 aromatic carbocycles. The summed E-state index contributed by atoms with van der Waals surface area (Å²) in [6.07, 6.45) is 3.00. The van der Waals surface area contributed by atoms with E-state index in [9.17, 15) is 9.59 Å². The number of rotatable bonds is 6. The van der Waals surface area contributed by atoms with E-state index in [1.807, 2.05) is 16.8 Å². The zero-order valence-corrected chi connectivity index (χ0v) is 18.1. The number of hydrogen-bond acceptors (Lipinski definition) is 4. The van der Waals surface area contributed by atoms with Crippen molar-refractivity contribution in [2.45, 2.75) is 32.9 Å². The van der Waals surface area contributed by atoms with Crippen LogP contribution in [0, 0.1) is 0 Å². The average molecular weight is 450 g/mol. The van der Waals surface area contributed by atoms with Crippen LogP contribution < -0.4 is 11.2 Å². The predicted molar refractivity (Wildman–Crippen MR) is 118 cm³/mol. The Morgan fingerprint density at radius 1 is 1.10 bits per heavy atom.